The van der Waals surface area contributed by atoms with Crippen molar-refractivity contribution in [2.75, 3.05) is 25.2 Å². The summed E-state index contributed by atoms with van der Waals surface area (Å²) in [7, 11) is 1.60. The molecule has 0 radical (unpaired) electrons. The van der Waals surface area contributed by atoms with Crippen LogP contribution in [0.2, 0.25) is 0 Å². The fourth-order valence-corrected chi connectivity index (χ4v) is 3.71. The largest absolute Gasteiger partial charge is 0.481 e. The first-order valence-electron chi connectivity index (χ1n) is 11.3. The summed E-state index contributed by atoms with van der Waals surface area (Å²) in [4.78, 5) is 56.1. The SMILES string of the molecule is COCCN(Cc1ccc2nc(C)[nH]c(=O)c2c1)c1ccc(C(=O)N[C@@H](CCC(=O)O)C(=O)O)cc1. The number of ether oxygens (including phenoxy) is 1. The maximum Gasteiger partial charge on any atom is 0.326 e. The van der Waals surface area contributed by atoms with Crippen LogP contribution in [0, 0.1) is 6.92 Å². The number of rotatable bonds is 12. The average Bonchev–Trinajstić information content (AvgIpc) is 2.84. The maximum absolute atomic E-state index is 12.5. The minimum Gasteiger partial charge on any atom is -0.481 e. The molecule has 190 valence electrons. The number of nitrogens with zero attached hydrogens (tertiary/aromatic N) is 2. The second-order valence-electron chi connectivity index (χ2n) is 8.26. The molecule has 3 rings (SSSR count). The Bertz CT molecular complexity index is 1300. The van der Waals surface area contributed by atoms with Crippen molar-refractivity contribution in [3.63, 3.8) is 0 Å². The van der Waals surface area contributed by atoms with Crippen LogP contribution in [0.3, 0.4) is 0 Å². The molecule has 1 aromatic heterocycles. The quantitative estimate of drug-likeness (QED) is 0.293. The zero-order valence-electron chi connectivity index (χ0n) is 20.0. The first-order chi connectivity index (χ1) is 17.2. The highest BCUT2D eigenvalue weighted by Gasteiger charge is 2.22. The second-order valence-corrected chi connectivity index (χ2v) is 8.26. The van der Waals surface area contributed by atoms with Gasteiger partial charge in [0.15, 0.2) is 0 Å². The van der Waals surface area contributed by atoms with Gasteiger partial charge in [-0.15, -0.1) is 0 Å². The number of carboxylic acid groups (broad SMARTS) is 2. The number of carbonyl (C=O) groups excluding carboxylic acids is 1. The monoisotopic (exact) mass is 496 g/mol. The molecule has 11 heteroatoms. The van der Waals surface area contributed by atoms with Crippen LogP contribution in [0.25, 0.3) is 10.9 Å². The van der Waals surface area contributed by atoms with Crippen LogP contribution < -0.4 is 15.8 Å². The van der Waals surface area contributed by atoms with Gasteiger partial charge in [0.1, 0.15) is 11.9 Å². The van der Waals surface area contributed by atoms with Gasteiger partial charge in [-0.2, -0.15) is 0 Å². The van der Waals surface area contributed by atoms with Crippen LogP contribution in [0.5, 0.6) is 0 Å². The smallest absolute Gasteiger partial charge is 0.326 e. The number of hydrogen-bond acceptors (Lipinski definition) is 7. The number of benzene rings is 2. The number of carbonyl (C=O) groups is 3. The Labute approximate surface area is 206 Å². The molecule has 11 nitrogen and oxygen atoms in total. The lowest BCUT2D eigenvalue weighted by Crippen LogP contribution is -2.41. The normalized spacial score (nSPS) is 11.7. The summed E-state index contributed by atoms with van der Waals surface area (Å²) in [5.74, 6) is -2.51. The van der Waals surface area contributed by atoms with Crippen molar-refractivity contribution in [3.05, 3.63) is 69.8 Å². The second kappa shape index (κ2) is 11.9. The summed E-state index contributed by atoms with van der Waals surface area (Å²) in [6.07, 6.45) is -0.593. The van der Waals surface area contributed by atoms with Crippen LogP contribution in [0.15, 0.2) is 47.3 Å². The number of hydrogen-bond donors (Lipinski definition) is 4. The van der Waals surface area contributed by atoms with Crippen molar-refractivity contribution in [2.45, 2.75) is 32.4 Å². The number of methoxy groups -OCH3 is 1. The molecule has 0 bridgehead atoms. The predicted octanol–water partition coefficient (Wildman–Crippen LogP) is 1.93. The number of fused-ring (bicyclic) bond motifs is 1. The molecule has 1 atom stereocenters. The molecule has 0 spiro atoms. The van der Waals surface area contributed by atoms with E-state index in [4.69, 9.17) is 9.84 Å². The van der Waals surface area contributed by atoms with Gasteiger partial charge >= 0.3 is 11.9 Å². The van der Waals surface area contributed by atoms with E-state index in [9.17, 15) is 24.3 Å². The number of anilines is 1. The molecule has 0 saturated heterocycles. The van der Waals surface area contributed by atoms with E-state index in [-0.39, 0.29) is 24.0 Å². The summed E-state index contributed by atoms with van der Waals surface area (Å²) < 4.78 is 5.23. The number of amides is 1. The molecule has 0 fully saturated rings. The maximum atomic E-state index is 12.5. The number of nitrogens with one attached hydrogen (secondary N) is 2. The Morgan fingerprint density at radius 3 is 2.50 bits per heavy atom. The van der Waals surface area contributed by atoms with Gasteiger partial charge in [-0.25, -0.2) is 9.78 Å². The summed E-state index contributed by atoms with van der Waals surface area (Å²) in [5.41, 5.74) is 2.33. The number of H-pyrrole nitrogens is 1. The summed E-state index contributed by atoms with van der Waals surface area (Å²) in [6, 6.07) is 10.8. The minimum absolute atomic E-state index is 0.207. The van der Waals surface area contributed by atoms with E-state index in [1.807, 2.05) is 11.0 Å². The van der Waals surface area contributed by atoms with E-state index in [1.54, 1.807) is 50.4 Å². The average molecular weight is 497 g/mol. The van der Waals surface area contributed by atoms with Crippen molar-refractivity contribution >= 4 is 34.4 Å². The van der Waals surface area contributed by atoms with Gasteiger partial charge in [0.2, 0.25) is 0 Å². The molecule has 0 saturated carbocycles. The highest BCUT2D eigenvalue weighted by Crippen LogP contribution is 2.20. The van der Waals surface area contributed by atoms with E-state index in [2.05, 4.69) is 15.3 Å². The Morgan fingerprint density at radius 2 is 1.86 bits per heavy atom. The lowest BCUT2D eigenvalue weighted by atomic mass is 10.1. The Morgan fingerprint density at radius 1 is 1.14 bits per heavy atom. The van der Waals surface area contributed by atoms with E-state index < -0.39 is 23.9 Å². The number of aliphatic carboxylic acids is 2. The van der Waals surface area contributed by atoms with E-state index in [1.165, 1.54) is 0 Å². The van der Waals surface area contributed by atoms with Gasteiger partial charge < -0.3 is 30.2 Å². The van der Waals surface area contributed by atoms with Crippen LogP contribution in [0.4, 0.5) is 5.69 Å². The molecule has 1 heterocycles. The van der Waals surface area contributed by atoms with Gasteiger partial charge in [-0.1, -0.05) is 6.07 Å². The third-order valence-corrected chi connectivity index (χ3v) is 5.57. The number of aromatic amines is 1. The van der Waals surface area contributed by atoms with Gasteiger partial charge in [-0.3, -0.25) is 14.4 Å². The van der Waals surface area contributed by atoms with Crippen molar-refractivity contribution in [1.82, 2.24) is 15.3 Å². The van der Waals surface area contributed by atoms with E-state index in [0.29, 0.717) is 36.4 Å². The van der Waals surface area contributed by atoms with Gasteiger partial charge in [-0.05, 0) is 55.3 Å². The van der Waals surface area contributed by atoms with Gasteiger partial charge in [0, 0.05) is 37.9 Å². The number of carboxylic acids is 2. The Kier molecular flexibility index (Phi) is 8.74. The summed E-state index contributed by atoms with van der Waals surface area (Å²) >= 11 is 0. The van der Waals surface area contributed by atoms with Crippen LogP contribution in [-0.2, 0) is 20.9 Å². The van der Waals surface area contributed by atoms with Crippen molar-refractivity contribution in [3.8, 4) is 0 Å². The van der Waals surface area contributed by atoms with Crippen molar-refractivity contribution < 1.29 is 29.3 Å². The van der Waals surface area contributed by atoms with Crippen LogP contribution in [0.1, 0.15) is 34.6 Å². The molecule has 2 aromatic carbocycles. The standard InChI is InChI=1S/C25H28N4O7/c1-15-26-20-8-3-16(13-19(20)24(33)27-15)14-29(11-12-36-2)18-6-4-17(5-7-18)23(32)28-21(25(34)35)9-10-22(30)31/h3-8,13,21H,9-12,14H2,1-2H3,(H,28,32)(H,30,31)(H,34,35)(H,26,27,33)/t21-/m0/s1. The number of aromatic nitrogens is 2. The molecular weight excluding hydrogens is 468 g/mol. The van der Waals surface area contributed by atoms with Gasteiger partial charge in [0.05, 0.1) is 17.5 Å². The molecule has 36 heavy (non-hydrogen) atoms. The lowest BCUT2D eigenvalue weighted by Gasteiger charge is -2.25. The summed E-state index contributed by atoms with van der Waals surface area (Å²) in [5, 5.41) is 20.9. The molecule has 0 unspecified atom stereocenters. The highest BCUT2D eigenvalue weighted by atomic mass is 16.5. The van der Waals surface area contributed by atoms with Gasteiger partial charge in [0.25, 0.3) is 11.5 Å². The molecule has 3 aromatic rings. The molecule has 0 aliphatic carbocycles. The van der Waals surface area contributed by atoms with E-state index in [0.717, 1.165) is 11.3 Å². The van der Waals surface area contributed by atoms with Crippen LogP contribution in [-0.4, -0.2) is 64.3 Å². The zero-order chi connectivity index (χ0) is 26.2. The first-order valence-corrected chi connectivity index (χ1v) is 11.3. The highest BCUT2D eigenvalue weighted by molar-refractivity contribution is 5.97. The molecule has 0 aliphatic heterocycles. The Balaban J connectivity index is 1.77. The van der Waals surface area contributed by atoms with Crippen LogP contribution >= 0.6 is 0 Å². The van der Waals surface area contributed by atoms with Crippen molar-refractivity contribution in [1.29, 1.82) is 0 Å². The molecule has 0 aliphatic rings. The first kappa shape index (κ1) is 26.4. The molecular formula is C25H28N4O7. The van der Waals surface area contributed by atoms with Crippen molar-refractivity contribution in [2.24, 2.45) is 0 Å². The molecule has 4 N–H and O–H groups in total. The third kappa shape index (κ3) is 6.89. The minimum atomic E-state index is -1.30. The zero-order valence-corrected chi connectivity index (χ0v) is 20.0. The Hall–Kier alpha value is -4.25. The third-order valence-electron chi connectivity index (χ3n) is 5.57. The molecule has 1 amide bonds. The number of aryl methyl sites for hydroxylation is 1. The fourth-order valence-electron chi connectivity index (χ4n) is 3.71. The summed E-state index contributed by atoms with van der Waals surface area (Å²) in [6.45, 7) is 3.18. The predicted molar refractivity (Wildman–Crippen MR) is 132 cm³/mol. The fraction of sp³-hybridized carbons (Fsp3) is 0.320. The van der Waals surface area contributed by atoms with E-state index >= 15 is 0 Å². The topological polar surface area (TPSA) is 162 Å². The lowest BCUT2D eigenvalue weighted by molar-refractivity contribution is -0.140.